The van der Waals surface area contributed by atoms with E-state index in [1.165, 1.54) is 6.07 Å². The number of thiocarbonyl (C=S) groups is 1. The third-order valence-corrected chi connectivity index (χ3v) is 4.76. The molecule has 0 aromatic heterocycles. The number of benzene rings is 2. The molecule has 8 nitrogen and oxygen atoms in total. The molecule has 0 saturated carbocycles. The average Bonchev–Trinajstić information content (AvgIpc) is 2.70. The van der Waals surface area contributed by atoms with Crippen molar-refractivity contribution < 1.29 is 14.5 Å². The van der Waals surface area contributed by atoms with Crippen molar-refractivity contribution in [2.45, 2.75) is 4.90 Å². The summed E-state index contributed by atoms with van der Waals surface area (Å²) in [5.74, 6) is -0.536. The van der Waals surface area contributed by atoms with Gasteiger partial charge in [0.2, 0.25) is 0 Å². The molecule has 2 aromatic rings. The van der Waals surface area contributed by atoms with Gasteiger partial charge < -0.3 is 15.0 Å². The number of hydrogen-bond donors (Lipinski definition) is 3. The lowest BCUT2D eigenvalue weighted by molar-refractivity contribution is -0.384. The zero-order chi connectivity index (χ0) is 20.1. The maximum Gasteiger partial charge on any atom is 0.293 e. The number of anilines is 2. The van der Waals surface area contributed by atoms with Crippen LogP contribution in [0, 0.1) is 10.1 Å². The predicted molar refractivity (Wildman–Crippen MR) is 114 cm³/mol. The number of morpholine rings is 1. The van der Waals surface area contributed by atoms with Crippen molar-refractivity contribution in [1.82, 2.24) is 5.32 Å². The summed E-state index contributed by atoms with van der Waals surface area (Å²) < 4.78 is 5.28. The third-order valence-electron chi connectivity index (χ3n) is 4.17. The second-order valence-electron chi connectivity index (χ2n) is 5.99. The summed E-state index contributed by atoms with van der Waals surface area (Å²) in [6, 6.07) is 11.6. The molecule has 1 aliphatic heterocycles. The molecular weight excluding hydrogens is 400 g/mol. The summed E-state index contributed by atoms with van der Waals surface area (Å²) in [7, 11) is 0. The first kappa shape index (κ1) is 20.1. The molecule has 2 aromatic carbocycles. The highest BCUT2D eigenvalue weighted by atomic mass is 32.1. The van der Waals surface area contributed by atoms with Crippen molar-refractivity contribution in [3.63, 3.8) is 0 Å². The molecule has 1 amide bonds. The van der Waals surface area contributed by atoms with Crippen molar-refractivity contribution in [2.75, 3.05) is 36.5 Å². The number of carbonyl (C=O) groups excluding carboxylic acids is 1. The van der Waals surface area contributed by atoms with Gasteiger partial charge in [-0.2, -0.15) is 0 Å². The first-order chi connectivity index (χ1) is 13.5. The summed E-state index contributed by atoms with van der Waals surface area (Å²) in [4.78, 5) is 26.0. The molecule has 146 valence electrons. The normalized spacial score (nSPS) is 13.7. The van der Waals surface area contributed by atoms with E-state index in [-0.39, 0.29) is 16.4 Å². The lowest BCUT2D eigenvalue weighted by Crippen LogP contribution is -2.37. The number of ether oxygens (including phenoxy) is 1. The predicted octanol–water partition coefficient (Wildman–Crippen LogP) is 2.85. The summed E-state index contributed by atoms with van der Waals surface area (Å²) in [6.45, 7) is 2.13. The Kier molecular flexibility index (Phi) is 6.45. The maximum absolute atomic E-state index is 12.5. The molecule has 0 unspecified atom stereocenters. The van der Waals surface area contributed by atoms with E-state index < -0.39 is 10.8 Å². The van der Waals surface area contributed by atoms with E-state index in [9.17, 15) is 14.9 Å². The van der Waals surface area contributed by atoms with E-state index in [2.05, 4.69) is 23.3 Å². The standard InChI is InChI=1S/C18H18N4O4S2/c23-17(20-18(28)19-13-3-1-2-4-16(13)27)12-5-6-14(15(11-12)22(24)25)21-7-9-26-10-8-21/h1-6,11,27H,7-10H2,(H2,19,20,23,28). The smallest absolute Gasteiger partial charge is 0.293 e. The third kappa shape index (κ3) is 4.77. The highest BCUT2D eigenvalue weighted by molar-refractivity contribution is 7.81. The summed E-state index contributed by atoms with van der Waals surface area (Å²) in [6.07, 6.45) is 0. The lowest BCUT2D eigenvalue weighted by atomic mass is 10.1. The average molecular weight is 419 g/mol. The monoisotopic (exact) mass is 418 g/mol. The van der Waals surface area contributed by atoms with Gasteiger partial charge in [0.25, 0.3) is 11.6 Å². The van der Waals surface area contributed by atoms with Crippen LogP contribution in [0.15, 0.2) is 47.4 Å². The summed E-state index contributed by atoms with van der Waals surface area (Å²) in [5, 5.41) is 17.0. The Hall–Kier alpha value is -2.69. The minimum absolute atomic E-state index is 0.0754. The van der Waals surface area contributed by atoms with E-state index in [4.69, 9.17) is 17.0 Å². The molecule has 0 aliphatic carbocycles. The van der Waals surface area contributed by atoms with Gasteiger partial charge in [-0.05, 0) is 36.5 Å². The van der Waals surface area contributed by atoms with Gasteiger partial charge in [0.1, 0.15) is 5.69 Å². The molecule has 3 rings (SSSR count). The molecule has 28 heavy (non-hydrogen) atoms. The topological polar surface area (TPSA) is 96.7 Å². The summed E-state index contributed by atoms with van der Waals surface area (Å²) in [5.41, 5.74) is 1.13. The van der Waals surface area contributed by atoms with E-state index >= 15 is 0 Å². The largest absolute Gasteiger partial charge is 0.378 e. The van der Waals surface area contributed by atoms with Crippen molar-refractivity contribution in [2.24, 2.45) is 0 Å². The number of nitro benzene ring substituents is 1. The van der Waals surface area contributed by atoms with Crippen LogP contribution in [-0.4, -0.2) is 42.2 Å². The maximum atomic E-state index is 12.5. The number of nitro groups is 1. The molecule has 0 atom stereocenters. The Morgan fingerprint density at radius 1 is 1.21 bits per heavy atom. The molecule has 2 N–H and O–H groups in total. The van der Waals surface area contributed by atoms with Gasteiger partial charge in [-0.1, -0.05) is 12.1 Å². The van der Waals surface area contributed by atoms with Crippen LogP contribution in [0.2, 0.25) is 0 Å². The molecule has 1 fully saturated rings. The molecular formula is C18H18N4O4S2. The second-order valence-corrected chi connectivity index (χ2v) is 6.88. The SMILES string of the molecule is O=C(NC(=S)Nc1ccccc1S)c1ccc(N2CCOCC2)c([N+](=O)[O-])c1. The molecule has 0 bridgehead atoms. The van der Waals surface area contributed by atoms with Crippen molar-refractivity contribution in [1.29, 1.82) is 0 Å². The van der Waals surface area contributed by atoms with E-state index in [0.29, 0.717) is 42.6 Å². The van der Waals surface area contributed by atoms with Gasteiger partial charge in [-0.15, -0.1) is 12.6 Å². The van der Waals surface area contributed by atoms with Crippen LogP contribution in [0.25, 0.3) is 0 Å². The molecule has 1 saturated heterocycles. The fraction of sp³-hybridized carbons (Fsp3) is 0.222. The van der Waals surface area contributed by atoms with Crippen molar-refractivity contribution in [3.8, 4) is 0 Å². The minimum Gasteiger partial charge on any atom is -0.378 e. The van der Waals surface area contributed by atoms with E-state index in [0.717, 1.165) is 0 Å². The quantitative estimate of drug-likeness (QED) is 0.304. The molecule has 0 spiro atoms. The number of nitrogens with zero attached hydrogens (tertiary/aromatic N) is 2. The van der Waals surface area contributed by atoms with Gasteiger partial charge in [0.05, 0.1) is 23.8 Å². The number of amides is 1. The zero-order valence-electron chi connectivity index (χ0n) is 14.8. The van der Waals surface area contributed by atoms with E-state index in [1.807, 2.05) is 11.0 Å². The Morgan fingerprint density at radius 2 is 1.93 bits per heavy atom. The van der Waals surface area contributed by atoms with Crippen LogP contribution in [-0.2, 0) is 4.74 Å². The van der Waals surface area contributed by atoms with Gasteiger partial charge >= 0.3 is 0 Å². The first-order valence-corrected chi connectivity index (χ1v) is 9.32. The Bertz CT molecular complexity index is 916. The Morgan fingerprint density at radius 3 is 2.61 bits per heavy atom. The van der Waals surface area contributed by atoms with Crippen molar-refractivity contribution in [3.05, 3.63) is 58.1 Å². The highest BCUT2D eigenvalue weighted by Gasteiger charge is 2.23. The lowest BCUT2D eigenvalue weighted by Gasteiger charge is -2.28. The minimum atomic E-state index is -0.536. The first-order valence-electron chi connectivity index (χ1n) is 8.47. The van der Waals surface area contributed by atoms with Crippen LogP contribution in [0.3, 0.4) is 0 Å². The molecule has 0 radical (unpaired) electrons. The van der Waals surface area contributed by atoms with Gasteiger partial charge in [0.15, 0.2) is 5.11 Å². The number of carbonyl (C=O) groups is 1. The number of rotatable bonds is 4. The fourth-order valence-corrected chi connectivity index (χ4v) is 3.21. The van der Waals surface area contributed by atoms with E-state index in [1.54, 1.807) is 30.3 Å². The summed E-state index contributed by atoms with van der Waals surface area (Å²) >= 11 is 9.46. The van der Waals surface area contributed by atoms with Crippen LogP contribution in [0.5, 0.6) is 0 Å². The Balaban J connectivity index is 1.74. The van der Waals surface area contributed by atoms with Crippen LogP contribution in [0.1, 0.15) is 10.4 Å². The van der Waals surface area contributed by atoms with Crippen LogP contribution >= 0.6 is 24.8 Å². The molecule has 1 heterocycles. The van der Waals surface area contributed by atoms with Gasteiger partial charge in [-0.25, -0.2) is 0 Å². The van der Waals surface area contributed by atoms with Gasteiger partial charge in [-0.3, -0.25) is 20.2 Å². The molecule has 10 heteroatoms. The number of hydrogen-bond acceptors (Lipinski definition) is 7. The number of thiol groups is 1. The molecule has 1 aliphatic rings. The van der Waals surface area contributed by atoms with Crippen LogP contribution in [0.4, 0.5) is 17.1 Å². The second kappa shape index (κ2) is 9.00. The van der Waals surface area contributed by atoms with Gasteiger partial charge in [0, 0.05) is 29.6 Å². The number of nitrogens with one attached hydrogen (secondary N) is 2. The van der Waals surface area contributed by atoms with Crippen molar-refractivity contribution >= 4 is 52.9 Å². The number of para-hydroxylation sites is 1. The fourth-order valence-electron chi connectivity index (χ4n) is 2.79. The Labute approximate surface area is 172 Å². The highest BCUT2D eigenvalue weighted by Crippen LogP contribution is 2.30. The van der Waals surface area contributed by atoms with Crippen LogP contribution < -0.4 is 15.5 Å². The zero-order valence-corrected chi connectivity index (χ0v) is 16.5.